The number of carbonyl (C=O) groups is 2. The van der Waals surface area contributed by atoms with Gasteiger partial charge in [-0.05, 0) is 79.0 Å². The van der Waals surface area contributed by atoms with Crippen molar-refractivity contribution in [2.45, 2.75) is 64.0 Å². The number of piperidine rings is 1. The summed E-state index contributed by atoms with van der Waals surface area (Å²) in [6.45, 7) is 4.06. The van der Waals surface area contributed by atoms with E-state index in [2.05, 4.69) is 49.5 Å². The monoisotopic (exact) mass is 498 g/mol. The highest BCUT2D eigenvalue weighted by Gasteiger charge is 2.23. The van der Waals surface area contributed by atoms with Gasteiger partial charge < -0.3 is 16.0 Å². The predicted octanol–water partition coefficient (Wildman–Crippen LogP) is 3.63. The highest BCUT2D eigenvalue weighted by molar-refractivity contribution is 14.1. The molecule has 0 aromatic heterocycles. The van der Waals surface area contributed by atoms with E-state index in [9.17, 15) is 9.59 Å². The van der Waals surface area contributed by atoms with Crippen molar-refractivity contribution in [1.29, 1.82) is 0 Å². The van der Waals surface area contributed by atoms with Gasteiger partial charge in [-0.3, -0.25) is 9.69 Å². The van der Waals surface area contributed by atoms with E-state index in [0.717, 1.165) is 53.6 Å². The number of likely N-dealkylation sites (tertiary alicyclic amines) is 1. The standard InChI is InChI=1S/C21H31IN4O2/c1-15-13-16(22)7-8-19(15)25-20(27)14-26-11-9-18(10-12-26)24-21(28)23-17-5-3-2-4-6-17/h7-8,13,17-18H,2-6,9-12,14H2,1H3,(H,25,27)(H2,23,24,28). The minimum atomic E-state index is -0.0303. The molecule has 0 bridgehead atoms. The van der Waals surface area contributed by atoms with Crippen LogP contribution in [-0.2, 0) is 4.79 Å². The Morgan fingerprint density at radius 2 is 1.68 bits per heavy atom. The lowest BCUT2D eigenvalue weighted by Crippen LogP contribution is -2.51. The van der Waals surface area contributed by atoms with Crippen molar-refractivity contribution >= 4 is 40.2 Å². The number of hydrogen-bond donors (Lipinski definition) is 3. The molecule has 3 N–H and O–H groups in total. The number of amides is 3. The Hall–Kier alpha value is -1.35. The maximum Gasteiger partial charge on any atom is 0.315 e. The van der Waals surface area contributed by atoms with Gasteiger partial charge >= 0.3 is 6.03 Å². The lowest BCUT2D eigenvalue weighted by molar-refractivity contribution is -0.117. The van der Waals surface area contributed by atoms with E-state index in [1.165, 1.54) is 19.3 Å². The van der Waals surface area contributed by atoms with Gasteiger partial charge in [0.15, 0.2) is 0 Å². The molecule has 3 rings (SSSR count). The maximum absolute atomic E-state index is 12.4. The minimum absolute atomic E-state index is 0.0192. The molecular formula is C21H31IN4O2. The molecule has 3 amide bonds. The normalized spacial score (nSPS) is 19.2. The number of halogens is 1. The van der Waals surface area contributed by atoms with E-state index >= 15 is 0 Å². The molecule has 0 unspecified atom stereocenters. The van der Waals surface area contributed by atoms with Crippen molar-refractivity contribution in [3.63, 3.8) is 0 Å². The summed E-state index contributed by atoms with van der Waals surface area (Å²) in [6.07, 6.45) is 7.68. The van der Waals surface area contributed by atoms with Gasteiger partial charge in [0, 0.05) is 34.4 Å². The fraction of sp³-hybridized carbons (Fsp3) is 0.619. The molecule has 6 nitrogen and oxygen atoms in total. The van der Waals surface area contributed by atoms with Crippen LogP contribution >= 0.6 is 22.6 Å². The second kappa shape index (κ2) is 10.4. The summed E-state index contributed by atoms with van der Waals surface area (Å²) in [5.41, 5.74) is 1.95. The van der Waals surface area contributed by atoms with Crippen molar-refractivity contribution in [3.8, 4) is 0 Å². The summed E-state index contributed by atoms with van der Waals surface area (Å²) in [7, 11) is 0. The first-order valence-electron chi connectivity index (χ1n) is 10.3. The molecule has 1 aromatic carbocycles. The Morgan fingerprint density at radius 1 is 1.04 bits per heavy atom. The molecule has 1 heterocycles. The zero-order valence-electron chi connectivity index (χ0n) is 16.6. The average Bonchev–Trinajstić information content (AvgIpc) is 2.66. The summed E-state index contributed by atoms with van der Waals surface area (Å²) in [5.74, 6) is 0.0192. The fourth-order valence-electron chi connectivity index (χ4n) is 4.05. The van der Waals surface area contributed by atoms with E-state index in [1.54, 1.807) is 0 Å². The molecule has 0 atom stereocenters. The smallest absolute Gasteiger partial charge is 0.315 e. The molecule has 1 aromatic rings. The number of hydrogen-bond acceptors (Lipinski definition) is 3. The molecule has 28 heavy (non-hydrogen) atoms. The van der Waals surface area contributed by atoms with Gasteiger partial charge in [-0.25, -0.2) is 4.79 Å². The van der Waals surface area contributed by atoms with E-state index in [0.29, 0.717) is 12.6 Å². The molecular weight excluding hydrogens is 467 g/mol. The second-order valence-corrected chi connectivity index (χ2v) is 9.26. The minimum Gasteiger partial charge on any atom is -0.335 e. The van der Waals surface area contributed by atoms with E-state index in [4.69, 9.17) is 0 Å². The third-order valence-electron chi connectivity index (χ3n) is 5.69. The van der Waals surface area contributed by atoms with E-state index in [1.807, 2.05) is 19.1 Å². The molecule has 1 saturated heterocycles. The number of nitrogens with one attached hydrogen (secondary N) is 3. The fourth-order valence-corrected chi connectivity index (χ4v) is 4.70. The number of rotatable bonds is 5. The highest BCUT2D eigenvalue weighted by Crippen LogP contribution is 2.19. The van der Waals surface area contributed by atoms with Gasteiger partial charge in [0.1, 0.15) is 0 Å². The molecule has 2 fully saturated rings. The van der Waals surface area contributed by atoms with Crippen LogP contribution in [0.3, 0.4) is 0 Å². The zero-order chi connectivity index (χ0) is 19.9. The van der Waals surface area contributed by atoms with Crippen LogP contribution in [0.15, 0.2) is 18.2 Å². The number of nitrogens with zero attached hydrogens (tertiary/aromatic N) is 1. The summed E-state index contributed by atoms with van der Waals surface area (Å²) in [4.78, 5) is 26.7. The summed E-state index contributed by atoms with van der Waals surface area (Å²) in [5, 5.41) is 9.24. The number of benzene rings is 1. The molecule has 154 valence electrons. The first-order chi connectivity index (χ1) is 13.5. The Balaban J connectivity index is 1.36. The number of anilines is 1. The maximum atomic E-state index is 12.4. The van der Waals surface area contributed by atoms with Gasteiger partial charge in [0.2, 0.25) is 5.91 Å². The number of aryl methyl sites for hydroxylation is 1. The third kappa shape index (κ3) is 6.62. The van der Waals surface area contributed by atoms with Crippen molar-refractivity contribution in [1.82, 2.24) is 15.5 Å². The molecule has 1 aliphatic carbocycles. The Labute approximate surface area is 181 Å². The number of carbonyl (C=O) groups excluding carboxylic acids is 2. The quantitative estimate of drug-likeness (QED) is 0.543. The van der Waals surface area contributed by atoms with Crippen LogP contribution in [0.25, 0.3) is 0 Å². The lowest BCUT2D eigenvalue weighted by atomic mass is 9.96. The Kier molecular flexibility index (Phi) is 7.96. The van der Waals surface area contributed by atoms with Crippen molar-refractivity contribution in [3.05, 3.63) is 27.3 Å². The molecule has 0 spiro atoms. The van der Waals surface area contributed by atoms with E-state index in [-0.39, 0.29) is 18.0 Å². The largest absolute Gasteiger partial charge is 0.335 e. The highest BCUT2D eigenvalue weighted by atomic mass is 127. The van der Waals surface area contributed by atoms with Crippen LogP contribution in [0.5, 0.6) is 0 Å². The molecule has 2 aliphatic rings. The zero-order valence-corrected chi connectivity index (χ0v) is 18.8. The molecule has 1 aliphatic heterocycles. The van der Waals surface area contributed by atoms with Crippen LogP contribution in [0.2, 0.25) is 0 Å². The van der Waals surface area contributed by atoms with E-state index < -0.39 is 0 Å². The van der Waals surface area contributed by atoms with Crippen LogP contribution in [-0.4, -0.2) is 48.6 Å². The van der Waals surface area contributed by atoms with Gasteiger partial charge in [0.05, 0.1) is 6.54 Å². The molecule has 7 heteroatoms. The summed E-state index contributed by atoms with van der Waals surface area (Å²) in [6, 6.07) is 6.52. The van der Waals surface area contributed by atoms with Crippen LogP contribution < -0.4 is 16.0 Å². The van der Waals surface area contributed by atoms with Crippen molar-refractivity contribution in [2.24, 2.45) is 0 Å². The van der Waals surface area contributed by atoms with Crippen LogP contribution in [0, 0.1) is 10.5 Å². The third-order valence-corrected chi connectivity index (χ3v) is 6.36. The Morgan fingerprint density at radius 3 is 2.32 bits per heavy atom. The predicted molar refractivity (Wildman–Crippen MR) is 121 cm³/mol. The number of urea groups is 1. The van der Waals surface area contributed by atoms with Crippen molar-refractivity contribution in [2.75, 3.05) is 25.0 Å². The first-order valence-corrected chi connectivity index (χ1v) is 11.4. The summed E-state index contributed by atoms with van der Waals surface area (Å²) < 4.78 is 1.16. The SMILES string of the molecule is Cc1cc(I)ccc1NC(=O)CN1CCC(NC(=O)NC2CCCCC2)CC1. The van der Waals surface area contributed by atoms with Gasteiger partial charge in [-0.2, -0.15) is 0 Å². The molecule has 1 saturated carbocycles. The van der Waals surface area contributed by atoms with Gasteiger partial charge in [-0.15, -0.1) is 0 Å². The lowest BCUT2D eigenvalue weighted by Gasteiger charge is -2.32. The topological polar surface area (TPSA) is 73.5 Å². The molecule has 0 radical (unpaired) electrons. The van der Waals surface area contributed by atoms with Crippen molar-refractivity contribution < 1.29 is 9.59 Å². The Bertz CT molecular complexity index is 683. The average molecular weight is 498 g/mol. The van der Waals surface area contributed by atoms with Crippen LogP contribution in [0.1, 0.15) is 50.5 Å². The van der Waals surface area contributed by atoms with Gasteiger partial charge in [0.25, 0.3) is 0 Å². The van der Waals surface area contributed by atoms with Crippen LogP contribution in [0.4, 0.5) is 10.5 Å². The summed E-state index contributed by atoms with van der Waals surface area (Å²) >= 11 is 2.27. The second-order valence-electron chi connectivity index (χ2n) is 8.01. The first kappa shape index (κ1) is 21.4. The van der Waals surface area contributed by atoms with Gasteiger partial charge in [-0.1, -0.05) is 19.3 Å².